The molecule has 0 heterocycles. The molecular weight excluding hydrogens is 250 g/mol. The highest BCUT2D eigenvalue weighted by Crippen LogP contribution is 2.51. The lowest BCUT2D eigenvalue weighted by Crippen LogP contribution is -2.38. The van der Waals surface area contributed by atoms with Gasteiger partial charge in [0.25, 0.3) is 0 Å². The van der Waals surface area contributed by atoms with Crippen molar-refractivity contribution in [3.63, 3.8) is 0 Å². The van der Waals surface area contributed by atoms with E-state index >= 15 is 0 Å². The molecule has 0 unspecified atom stereocenters. The summed E-state index contributed by atoms with van der Waals surface area (Å²) in [4.78, 5) is 4.53. The Morgan fingerprint density at radius 2 is 2.15 bits per heavy atom. The molecule has 1 atom stereocenters. The molecule has 1 aliphatic rings. The predicted molar refractivity (Wildman–Crippen MR) is 83.3 cm³/mol. The van der Waals surface area contributed by atoms with Crippen LogP contribution in [0.4, 0.5) is 0 Å². The van der Waals surface area contributed by atoms with Gasteiger partial charge in [-0.2, -0.15) is 0 Å². The molecule has 4 nitrogen and oxygen atoms in total. The monoisotopic (exact) mass is 275 g/mol. The van der Waals surface area contributed by atoms with Crippen molar-refractivity contribution in [3.05, 3.63) is 29.8 Å². The molecule has 0 amide bonds. The number of hydrogen-bond donors (Lipinski definition) is 2. The van der Waals surface area contributed by atoms with Gasteiger partial charge < -0.3 is 15.8 Å². The molecule has 1 fully saturated rings. The first-order valence-corrected chi connectivity index (χ1v) is 7.31. The van der Waals surface area contributed by atoms with E-state index in [2.05, 4.69) is 36.3 Å². The van der Waals surface area contributed by atoms with Gasteiger partial charge in [0, 0.05) is 17.0 Å². The normalized spacial score (nSPS) is 18.4. The first-order chi connectivity index (χ1) is 9.61. The van der Waals surface area contributed by atoms with E-state index in [1.807, 2.05) is 12.1 Å². The van der Waals surface area contributed by atoms with Gasteiger partial charge in [0.2, 0.25) is 0 Å². The third-order valence-corrected chi connectivity index (χ3v) is 4.09. The fraction of sp³-hybridized carbons (Fsp3) is 0.562. The summed E-state index contributed by atoms with van der Waals surface area (Å²) < 4.78 is 5.47. The van der Waals surface area contributed by atoms with Gasteiger partial charge in [0.05, 0.1) is 13.7 Å². The number of para-hydroxylation sites is 1. The Labute approximate surface area is 121 Å². The average molecular weight is 275 g/mol. The molecule has 1 saturated carbocycles. The van der Waals surface area contributed by atoms with Gasteiger partial charge >= 0.3 is 0 Å². The van der Waals surface area contributed by atoms with Gasteiger partial charge in [-0.15, -0.1) is 0 Å². The van der Waals surface area contributed by atoms with E-state index in [1.165, 1.54) is 5.56 Å². The van der Waals surface area contributed by atoms with E-state index in [0.29, 0.717) is 12.0 Å². The van der Waals surface area contributed by atoms with Crippen LogP contribution in [0.25, 0.3) is 0 Å². The van der Waals surface area contributed by atoms with Crippen molar-refractivity contribution < 1.29 is 4.74 Å². The number of aliphatic imine (C=N–C) groups is 1. The minimum Gasteiger partial charge on any atom is -0.496 e. The Balaban J connectivity index is 2.07. The van der Waals surface area contributed by atoms with Crippen LogP contribution in [0.15, 0.2) is 29.3 Å². The Morgan fingerprint density at radius 3 is 2.75 bits per heavy atom. The van der Waals surface area contributed by atoms with Gasteiger partial charge in [0.15, 0.2) is 5.96 Å². The van der Waals surface area contributed by atoms with E-state index in [9.17, 15) is 0 Å². The Hall–Kier alpha value is -1.71. The van der Waals surface area contributed by atoms with E-state index in [0.717, 1.165) is 31.6 Å². The van der Waals surface area contributed by atoms with E-state index in [4.69, 9.17) is 10.5 Å². The quantitative estimate of drug-likeness (QED) is 0.619. The van der Waals surface area contributed by atoms with Crippen LogP contribution >= 0.6 is 0 Å². The molecule has 0 bridgehead atoms. The Bertz CT molecular complexity index is 480. The molecular formula is C16H25N3O. The smallest absolute Gasteiger partial charge is 0.188 e. The lowest BCUT2D eigenvalue weighted by molar-refractivity contribution is 0.404. The largest absolute Gasteiger partial charge is 0.496 e. The summed E-state index contributed by atoms with van der Waals surface area (Å²) >= 11 is 0. The maximum absolute atomic E-state index is 5.94. The number of methoxy groups -OCH3 is 1. The summed E-state index contributed by atoms with van der Waals surface area (Å²) in [6, 6.07) is 8.57. The van der Waals surface area contributed by atoms with Crippen molar-refractivity contribution in [1.29, 1.82) is 0 Å². The van der Waals surface area contributed by atoms with Crippen LogP contribution in [-0.4, -0.2) is 25.7 Å². The van der Waals surface area contributed by atoms with Crippen molar-refractivity contribution in [1.82, 2.24) is 5.32 Å². The molecule has 1 aromatic rings. The van der Waals surface area contributed by atoms with Crippen molar-refractivity contribution >= 4 is 5.96 Å². The summed E-state index contributed by atoms with van der Waals surface area (Å²) in [5.41, 5.74) is 7.31. The third-order valence-electron chi connectivity index (χ3n) is 4.09. The van der Waals surface area contributed by atoms with Crippen LogP contribution in [0.3, 0.4) is 0 Å². The summed E-state index contributed by atoms with van der Waals surface area (Å²) in [5.74, 6) is 1.49. The molecule has 110 valence electrons. The van der Waals surface area contributed by atoms with Crippen molar-refractivity contribution in [2.24, 2.45) is 10.7 Å². The van der Waals surface area contributed by atoms with Gasteiger partial charge in [-0.1, -0.05) is 25.1 Å². The molecule has 0 saturated heterocycles. The lowest BCUT2D eigenvalue weighted by Gasteiger charge is -2.18. The van der Waals surface area contributed by atoms with Gasteiger partial charge in [-0.25, -0.2) is 0 Å². The van der Waals surface area contributed by atoms with Gasteiger partial charge in [-0.3, -0.25) is 4.99 Å². The zero-order chi connectivity index (χ0) is 14.6. The van der Waals surface area contributed by atoms with Gasteiger partial charge in [0.1, 0.15) is 5.75 Å². The zero-order valence-electron chi connectivity index (χ0n) is 12.6. The van der Waals surface area contributed by atoms with E-state index in [1.54, 1.807) is 7.11 Å². The standard InChI is InChI=1S/C16H25N3O/c1-4-12(2)19-15(17)18-11-16(9-10-16)13-7-5-6-8-14(13)20-3/h5-8,12H,4,9-11H2,1-3H3,(H3,17,18,19)/t12-/m0/s1. The summed E-state index contributed by atoms with van der Waals surface area (Å²) in [6.45, 7) is 4.96. The Morgan fingerprint density at radius 1 is 1.45 bits per heavy atom. The summed E-state index contributed by atoms with van der Waals surface area (Å²) in [6.07, 6.45) is 3.33. The minimum absolute atomic E-state index is 0.119. The van der Waals surface area contributed by atoms with Crippen LogP contribution in [-0.2, 0) is 5.41 Å². The fourth-order valence-corrected chi connectivity index (χ4v) is 2.38. The molecule has 3 N–H and O–H groups in total. The van der Waals surface area contributed by atoms with Crippen molar-refractivity contribution in [2.75, 3.05) is 13.7 Å². The van der Waals surface area contributed by atoms with Gasteiger partial charge in [-0.05, 0) is 32.3 Å². The maximum Gasteiger partial charge on any atom is 0.188 e. The van der Waals surface area contributed by atoms with Crippen LogP contribution < -0.4 is 15.8 Å². The minimum atomic E-state index is 0.119. The number of benzene rings is 1. The molecule has 0 aliphatic heterocycles. The highest BCUT2D eigenvalue weighted by atomic mass is 16.5. The maximum atomic E-state index is 5.94. The molecule has 0 radical (unpaired) electrons. The molecule has 20 heavy (non-hydrogen) atoms. The third kappa shape index (κ3) is 3.24. The molecule has 2 rings (SSSR count). The lowest BCUT2D eigenvalue weighted by atomic mass is 9.95. The second-order valence-corrected chi connectivity index (χ2v) is 5.64. The Kier molecular flexibility index (Phi) is 4.53. The summed E-state index contributed by atoms with van der Waals surface area (Å²) in [5, 5.41) is 3.21. The predicted octanol–water partition coefficient (Wildman–Crippen LogP) is 2.43. The number of hydrogen-bond acceptors (Lipinski definition) is 2. The van der Waals surface area contributed by atoms with E-state index in [-0.39, 0.29) is 5.41 Å². The zero-order valence-corrected chi connectivity index (χ0v) is 12.6. The van der Waals surface area contributed by atoms with Crippen LogP contribution in [0, 0.1) is 0 Å². The van der Waals surface area contributed by atoms with Crippen molar-refractivity contribution in [2.45, 2.75) is 44.6 Å². The van der Waals surface area contributed by atoms with Crippen LogP contribution in [0.1, 0.15) is 38.7 Å². The molecule has 4 heteroatoms. The van der Waals surface area contributed by atoms with Crippen LogP contribution in [0.5, 0.6) is 5.75 Å². The van der Waals surface area contributed by atoms with Crippen molar-refractivity contribution in [3.8, 4) is 5.75 Å². The number of nitrogens with zero attached hydrogens (tertiary/aromatic N) is 1. The van der Waals surface area contributed by atoms with E-state index < -0.39 is 0 Å². The number of rotatable bonds is 6. The van der Waals surface area contributed by atoms with Crippen LogP contribution in [0.2, 0.25) is 0 Å². The average Bonchev–Trinajstić information content (AvgIpc) is 3.26. The second kappa shape index (κ2) is 6.16. The first-order valence-electron chi connectivity index (χ1n) is 7.31. The summed E-state index contributed by atoms with van der Waals surface area (Å²) in [7, 11) is 1.72. The molecule has 1 aromatic carbocycles. The first kappa shape index (κ1) is 14.7. The SMILES string of the molecule is CC[C@H](C)NC(N)=NCC1(c2ccccc2OC)CC1. The number of guanidine groups is 1. The number of ether oxygens (including phenoxy) is 1. The second-order valence-electron chi connectivity index (χ2n) is 5.64. The number of nitrogens with one attached hydrogen (secondary N) is 1. The highest BCUT2D eigenvalue weighted by Gasteiger charge is 2.45. The number of nitrogens with two attached hydrogens (primary N) is 1. The topological polar surface area (TPSA) is 59.6 Å². The fourth-order valence-electron chi connectivity index (χ4n) is 2.38. The molecule has 0 aromatic heterocycles. The molecule has 1 aliphatic carbocycles. The molecule has 0 spiro atoms. The highest BCUT2D eigenvalue weighted by molar-refractivity contribution is 5.78.